The summed E-state index contributed by atoms with van der Waals surface area (Å²) in [6.45, 7) is 4.33. The Labute approximate surface area is 342 Å². The molecule has 6 rings (SSSR count). The minimum atomic E-state index is -0.620. The maximum absolute atomic E-state index is 13.5. The van der Waals surface area contributed by atoms with E-state index in [-0.39, 0.29) is 34.5 Å². The van der Waals surface area contributed by atoms with E-state index in [0.29, 0.717) is 47.0 Å². The largest absolute Gasteiger partial charge is 0.493 e. The average molecular weight is 821 g/mol. The molecule has 1 heterocycles. The number of amides is 3. The summed E-state index contributed by atoms with van der Waals surface area (Å²) >= 11 is 5.13. The van der Waals surface area contributed by atoms with Crippen LogP contribution in [0.25, 0.3) is 0 Å². The Morgan fingerprint density at radius 1 is 0.712 bits per heavy atom. The van der Waals surface area contributed by atoms with Crippen LogP contribution in [0, 0.1) is 20.2 Å². The number of nitro benzene ring substituents is 2. The number of non-ortho nitro benzene ring substituents is 2. The smallest absolute Gasteiger partial charge is 0.274 e. The van der Waals surface area contributed by atoms with E-state index in [4.69, 9.17) is 21.1 Å². The Hall–Kier alpha value is -7.46. The first-order chi connectivity index (χ1) is 28.2. The molecule has 0 saturated carbocycles. The average Bonchev–Trinajstić information content (AvgIpc) is 3.23. The number of benzene rings is 5. The monoisotopic (exact) mass is 820 g/mol. The summed E-state index contributed by atoms with van der Waals surface area (Å²) in [4.78, 5) is 69.4. The van der Waals surface area contributed by atoms with Gasteiger partial charge in [0.1, 0.15) is 0 Å². The van der Waals surface area contributed by atoms with Gasteiger partial charge in [0.05, 0.1) is 28.8 Å². The van der Waals surface area contributed by atoms with Crippen molar-refractivity contribution >= 4 is 63.0 Å². The van der Waals surface area contributed by atoms with Crippen molar-refractivity contribution < 1.29 is 38.5 Å². The molecular weight excluding hydrogens is 784 g/mol. The second-order valence-corrected chi connectivity index (χ2v) is 13.4. The Morgan fingerprint density at radius 2 is 1.27 bits per heavy atom. The zero-order chi connectivity index (χ0) is 42.6. The van der Waals surface area contributed by atoms with Crippen molar-refractivity contribution in [2.24, 2.45) is 5.10 Å². The molecule has 16 nitrogen and oxygen atoms in total. The lowest BCUT2D eigenvalue weighted by molar-refractivity contribution is -0.385. The van der Waals surface area contributed by atoms with Gasteiger partial charge in [-0.25, -0.2) is 5.01 Å². The van der Waals surface area contributed by atoms with Crippen molar-refractivity contribution in [3.63, 3.8) is 0 Å². The number of nitrogens with one attached hydrogen (secondary N) is 2. The number of nitrogens with zero attached hydrogens (tertiary/aromatic N) is 4. The highest BCUT2D eigenvalue weighted by atomic mass is 35.5. The normalized spacial score (nSPS) is 11.9. The van der Waals surface area contributed by atoms with Gasteiger partial charge in [0, 0.05) is 70.0 Å². The van der Waals surface area contributed by atoms with E-state index in [1.165, 1.54) is 53.5 Å². The zero-order valence-corrected chi connectivity index (χ0v) is 32.7. The number of hydrogen-bond donors (Lipinski definition) is 2. The fourth-order valence-corrected chi connectivity index (χ4v) is 5.76. The topological polar surface area (TPSA) is 213 Å². The first kappa shape index (κ1) is 42.7. The van der Waals surface area contributed by atoms with Gasteiger partial charge in [-0.05, 0) is 123 Å². The molecule has 0 radical (unpaired) electrons. The number of rotatable bonds is 12. The molecule has 1 aliphatic rings. The summed E-state index contributed by atoms with van der Waals surface area (Å²) < 4.78 is 11.3. The van der Waals surface area contributed by atoms with Gasteiger partial charge in [-0.1, -0.05) is 6.07 Å². The SMILES string of the molecule is COc1ccc(C2=NN(C(=O)c3cccc(NC(=O)c4ccc(NC(=O)c5ccc([N+](=O)[O-])cc5)cc4)c3)CCC2)cc1OC(C)C.O=C(Cl)c1ccc([N+](=O)[O-])cc1. The molecule has 0 atom stereocenters. The molecule has 0 aliphatic carbocycles. The number of halogens is 1. The number of methoxy groups -OCH3 is 1. The van der Waals surface area contributed by atoms with E-state index in [9.17, 15) is 39.4 Å². The lowest BCUT2D eigenvalue weighted by Gasteiger charge is -2.24. The zero-order valence-electron chi connectivity index (χ0n) is 31.9. The molecule has 0 fully saturated rings. The number of carbonyl (C=O) groups excluding carboxylic acids is 4. The molecule has 5 aromatic carbocycles. The molecule has 0 bridgehead atoms. The summed E-state index contributed by atoms with van der Waals surface area (Å²) in [6.07, 6.45) is 1.39. The fourth-order valence-electron chi connectivity index (χ4n) is 5.63. The second-order valence-electron chi connectivity index (χ2n) is 13.1. The van der Waals surface area contributed by atoms with E-state index in [0.717, 1.165) is 17.7 Å². The molecule has 17 heteroatoms. The van der Waals surface area contributed by atoms with Gasteiger partial charge in [0.2, 0.25) is 0 Å². The van der Waals surface area contributed by atoms with E-state index < -0.39 is 26.9 Å². The van der Waals surface area contributed by atoms with Crippen LogP contribution in [0.3, 0.4) is 0 Å². The third-order valence-electron chi connectivity index (χ3n) is 8.54. The van der Waals surface area contributed by atoms with E-state index in [1.807, 2.05) is 32.0 Å². The maximum Gasteiger partial charge on any atom is 0.274 e. The molecule has 2 N–H and O–H groups in total. The molecule has 5 aromatic rings. The number of hydrogen-bond acceptors (Lipinski definition) is 11. The number of hydrazone groups is 1. The van der Waals surface area contributed by atoms with Crippen LogP contribution in [-0.4, -0.2) is 63.3 Å². The summed E-state index contributed by atoms with van der Waals surface area (Å²) in [5.74, 6) is 0.0838. The van der Waals surface area contributed by atoms with Crippen molar-refractivity contribution in [2.45, 2.75) is 32.8 Å². The van der Waals surface area contributed by atoms with Gasteiger partial charge in [0.15, 0.2) is 11.5 Å². The van der Waals surface area contributed by atoms with Crippen molar-refractivity contribution in [2.75, 3.05) is 24.3 Å². The van der Waals surface area contributed by atoms with Crippen LogP contribution in [-0.2, 0) is 0 Å². The maximum atomic E-state index is 13.5. The van der Waals surface area contributed by atoms with E-state index in [2.05, 4.69) is 15.7 Å². The van der Waals surface area contributed by atoms with Gasteiger partial charge in [0.25, 0.3) is 34.3 Å². The van der Waals surface area contributed by atoms with Crippen LogP contribution in [0.4, 0.5) is 22.7 Å². The van der Waals surface area contributed by atoms with Crippen LogP contribution in [0.5, 0.6) is 11.5 Å². The summed E-state index contributed by atoms with van der Waals surface area (Å²) in [7, 11) is 1.59. The van der Waals surface area contributed by atoms with Crippen LogP contribution in [0.15, 0.2) is 120 Å². The predicted molar refractivity (Wildman–Crippen MR) is 221 cm³/mol. The Morgan fingerprint density at radius 3 is 1.81 bits per heavy atom. The minimum absolute atomic E-state index is 0.0402. The van der Waals surface area contributed by atoms with Gasteiger partial charge >= 0.3 is 0 Å². The van der Waals surface area contributed by atoms with Crippen molar-refractivity contribution in [3.8, 4) is 11.5 Å². The molecule has 0 spiro atoms. The van der Waals surface area contributed by atoms with E-state index in [1.54, 1.807) is 55.6 Å². The number of carbonyl (C=O) groups is 4. The van der Waals surface area contributed by atoms with Crippen molar-refractivity contribution in [1.82, 2.24) is 5.01 Å². The molecule has 0 saturated heterocycles. The summed E-state index contributed by atoms with van der Waals surface area (Å²) in [5, 5.41) is 32.0. The highest BCUT2D eigenvalue weighted by Gasteiger charge is 2.22. The quantitative estimate of drug-likeness (QED) is 0.0695. The van der Waals surface area contributed by atoms with Gasteiger partial charge < -0.3 is 20.1 Å². The molecule has 1 aliphatic heterocycles. The lowest BCUT2D eigenvalue weighted by Crippen LogP contribution is -2.32. The molecule has 3 amide bonds. The van der Waals surface area contributed by atoms with Crippen LogP contribution < -0.4 is 20.1 Å². The van der Waals surface area contributed by atoms with Crippen LogP contribution >= 0.6 is 11.6 Å². The molecule has 0 unspecified atom stereocenters. The molecular formula is C42H37ClN6O10. The first-order valence-corrected chi connectivity index (χ1v) is 18.4. The third-order valence-corrected chi connectivity index (χ3v) is 8.75. The minimum Gasteiger partial charge on any atom is -0.493 e. The first-order valence-electron chi connectivity index (χ1n) is 18.0. The highest BCUT2D eigenvalue weighted by Crippen LogP contribution is 2.31. The van der Waals surface area contributed by atoms with E-state index >= 15 is 0 Å². The Kier molecular flexibility index (Phi) is 14.2. The third kappa shape index (κ3) is 11.5. The Bertz CT molecular complexity index is 2370. The number of anilines is 2. The molecule has 302 valence electrons. The standard InChI is InChI=1S/C35H33N5O7.C7H4ClNO3/c1-22(2)47-32-21-25(13-18-31(32)46-3)30-8-5-19-39(38-30)35(43)26-6-4-7-28(20-26)37-34(42)23-9-14-27(15-10-23)36-33(41)24-11-16-29(17-12-24)40(44)45;8-7(10)5-1-3-6(4-2-5)9(11)12/h4,6-7,9-18,20-22H,5,8,19H2,1-3H3,(H,36,41)(H,37,42);1-4H. The number of nitro groups is 2. The van der Waals surface area contributed by atoms with Crippen molar-refractivity contribution in [1.29, 1.82) is 0 Å². The second kappa shape index (κ2) is 19.6. The molecule has 59 heavy (non-hydrogen) atoms. The predicted octanol–water partition coefficient (Wildman–Crippen LogP) is 8.51. The molecule has 0 aromatic heterocycles. The summed E-state index contributed by atoms with van der Waals surface area (Å²) in [6, 6.07) is 28.8. The highest BCUT2D eigenvalue weighted by molar-refractivity contribution is 6.67. The van der Waals surface area contributed by atoms with Gasteiger partial charge in [-0.3, -0.25) is 39.4 Å². The van der Waals surface area contributed by atoms with Crippen LogP contribution in [0.1, 0.15) is 73.7 Å². The summed E-state index contributed by atoms with van der Waals surface area (Å²) in [5.41, 5.74) is 3.52. The van der Waals surface area contributed by atoms with Gasteiger partial charge in [-0.2, -0.15) is 5.10 Å². The lowest BCUT2D eigenvalue weighted by atomic mass is 10.0. The van der Waals surface area contributed by atoms with Gasteiger partial charge in [-0.15, -0.1) is 0 Å². The number of ether oxygens (including phenoxy) is 2. The fraction of sp³-hybridized carbons (Fsp3) is 0.167. The van der Waals surface area contributed by atoms with Crippen LogP contribution in [0.2, 0.25) is 0 Å². The Balaban J connectivity index is 0.000000473. The van der Waals surface area contributed by atoms with Crippen molar-refractivity contribution in [3.05, 3.63) is 163 Å².